The molecular weight excluding hydrogens is 208 g/mol. The van der Waals surface area contributed by atoms with E-state index in [4.69, 9.17) is 5.73 Å². The van der Waals surface area contributed by atoms with E-state index >= 15 is 0 Å². The maximum atomic E-state index is 6.21. The van der Waals surface area contributed by atoms with Crippen LogP contribution in [0.15, 0.2) is 36.5 Å². The monoisotopic (exact) mass is 234 g/mol. The van der Waals surface area contributed by atoms with E-state index in [-0.39, 0.29) is 6.04 Å². The van der Waals surface area contributed by atoms with Gasteiger partial charge in [0.05, 0.1) is 0 Å². The summed E-state index contributed by atoms with van der Waals surface area (Å²) < 4.78 is 0. The molecule has 1 aliphatic rings. The van der Waals surface area contributed by atoms with E-state index in [1.54, 1.807) is 0 Å². The average Bonchev–Trinajstić information content (AvgIpc) is 2.37. The lowest BCUT2D eigenvalue weighted by Gasteiger charge is -2.27. The topological polar surface area (TPSA) is 29.3 Å². The molecule has 2 N–H and O–H groups in total. The van der Waals surface area contributed by atoms with E-state index in [0.29, 0.717) is 0 Å². The van der Waals surface area contributed by atoms with Crippen molar-refractivity contribution >= 4 is 0 Å². The number of hydrogen-bond donors (Lipinski definition) is 1. The number of nitrogens with two attached hydrogens (primary N) is 1. The fourth-order valence-corrected chi connectivity index (χ4v) is 2.30. The van der Waals surface area contributed by atoms with E-state index < -0.39 is 0 Å². The molecule has 0 aromatic carbocycles. The highest BCUT2D eigenvalue weighted by Gasteiger charge is 2.12. The summed E-state index contributed by atoms with van der Waals surface area (Å²) in [5.41, 5.74) is 7.39. The van der Waals surface area contributed by atoms with Gasteiger partial charge in [-0.1, -0.05) is 37.3 Å². The molecule has 1 aliphatic heterocycles. The molecule has 2 heteroatoms. The molecule has 0 radical (unpaired) electrons. The van der Waals surface area contributed by atoms with Gasteiger partial charge < -0.3 is 10.6 Å². The molecule has 2 nitrogen and oxygen atoms in total. The molecule has 1 atom stereocenters. The summed E-state index contributed by atoms with van der Waals surface area (Å²) in [5.74, 6) is 0. The minimum absolute atomic E-state index is 0.131. The summed E-state index contributed by atoms with van der Waals surface area (Å²) in [7, 11) is 0. The van der Waals surface area contributed by atoms with Crippen molar-refractivity contribution in [3.63, 3.8) is 0 Å². The third kappa shape index (κ3) is 5.33. The number of rotatable bonds is 6. The lowest BCUT2D eigenvalue weighted by atomic mass is 10.0. The maximum Gasteiger partial charge on any atom is 0.0306 e. The Balaban J connectivity index is 2.38. The van der Waals surface area contributed by atoms with Crippen LogP contribution in [-0.2, 0) is 0 Å². The number of allylic oxidation sites excluding steroid dienone is 3. The zero-order valence-corrected chi connectivity index (χ0v) is 11.1. The van der Waals surface area contributed by atoms with Gasteiger partial charge in [0.15, 0.2) is 0 Å². The van der Waals surface area contributed by atoms with Crippen LogP contribution in [0.25, 0.3) is 0 Å². The van der Waals surface area contributed by atoms with Crippen molar-refractivity contribution in [3.8, 4) is 0 Å². The lowest BCUT2D eigenvalue weighted by molar-refractivity contribution is 0.223. The number of hydrogen-bond acceptors (Lipinski definition) is 2. The quantitative estimate of drug-likeness (QED) is 0.716. The fourth-order valence-electron chi connectivity index (χ4n) is 2.30. The molecule has 0 aromatic rings. The van der Waals surface area contributed by atoms with Crippen molar-refractivity contribution in [1.82, 2.24) is 4.90 Å². The van der Waals surface area contributed by atoms with Gasteiger partial charge in [-0.2, -0.15) is 0 Å². The molecule has 1 unspecified atom stereocenters. The Bertz CT molecular complexity index is 273. The van der Waals surface area contributed by atoms with E-state index in [1.165, 1.54) is 37.9 Å². The minimum Gasteiger partial charge on any atom is -0.324 e. The van der Waals surface area contributed by atoms with Gasteiger partial charge in [-0.05, 0) is 51.4 Å². The van der Waals surface area contributed by atoms with Crippen molar-refractivity contribution in [2.45, 2.75) is 38.6 Å². The third-order valence-corrected chi connectivity index (χ3v) is 3.30. The highest BCUT2D eigenvalue weighted by Crippen LogP contribution is 2.12. The van der Waals surface area contributed by atoms with Crippen molar-refractivity contribution in [1.29, 1.82) is 0 Å². The van der Waals surface area contributed by atoms with Gasteiger partial charge >= 0.3 is 0 Å². The van der Waals surface area contributed by atoms with Crippen LogP contribution < -0.4 is 5.73 Å². The van der Waals surface area contributed by atoms with Gasteiger partial charge in [0.25, 0.3) is 0 Å². The van der Waals surface area contributed by atoms with Crippen LogP contribution in [-0.4, -0.2) is 30.6 Å². The molecule has 1 fully saturated rings. The zero-order valence-electron chi connectivity index (χ0n) is 11.1. The second-order valence-corrected chi connectivity index (χ2v) is 4.70. The smallest absolute Gasteiger partial charge is 0.0306 e. The molecule has 0 saturated carbocycles. The zero-order chi connectivity index (χ0) is 12.5. The average molecular weight is 234 g/mol. The van der Waals surface area contributed by atoms with Crippen molar-refractivity contribution in [2.24, 2.45) is 5.73 Å². The Labute approximate surface area is 106 Å². The molecule has 0 amide bonds. The minimum atomic E-state index is 0.131. The second kappa shape index (κ2) is 8.26. The fraction of sp³-hybridized carbons (Fsp3) is 0.600. The Kier molecular flexibility index (Phi) is 6.90. The second-order valence-electron chi connectivity index (χ2n) is 4.70. The predicted molar refractivity (Wildman–Crippen MR) is 76.0 cm³/mol. The summed E-state index contributed by atoms with van der Waals surface area (Å²) in [6, 6.07) is 0.131. The number of piperidine rings is 1. The number of nitrogens with zero attached hydrogens (tertiary/aromatic N) is 1. The summed E-state index contributed by atoms with van der Waals surface area (Å²) in [4.78, 5) is 2.53. The van der Waals surface area contributed by atoms with E-state index in [0.717, 1.165) is 13.0 Å². The standard InChI is InChI=1S/C15H26N2/c1-3-8-14(9-4-2)15(16)10-13-17-11-6-5-7-12-17/h3-4,8-9,15H,1,5-7,10-13,16H2,2H3. The first kappa shape index (κ1) is 14.2. The van der Waals surface area contributed by atoms with Gasteiger partial charge in [0.2, 0.25) is 0 Å². The van der Waals surface area contributed by atoms with Crippen LogP contribution in [0.4, 0.5) is 0 Å². The van der Waals surface area contributed by atoms with E-state index in [2.05, 4.69) is 17.6 Å². The molecular formula is C15H26N2. The van der Waals surface area contributed by atoms with Gasteiger partial charge in [0.1, 0.15) is 0 Å². The maximum absolute atomic E-state index is 6.21. The molecule has 0 bridgehead atoms. The summed E-state index contributed by atoms with van der Waals surface area (Å²) >= 11 is 0. The summed E-state index contributed by atoms with van der Waals surface area (Å²) in [6.45, 7) is 9.37. The van der Waals surface area contributed by atoms with Crippen molar-refractivity contribution in [2.75, 3.05) is 19.6 Å². The van der Waals surface area contributed by atoms with Gasteiger partial charge in [-0.25, -0.2) is 0 Å². The van der Waals surface area contributed by atoms with Crippen LogP contribution >= 0.6 is 0 Å². The Hall–Kier alpha value is -0.860. The highest BCUT2D eigenvalue weighted by molar-refractivity contribution is 5.27. The highest BCUT2D eigenvalue weighted by atomic mass is 15.1. The summed E-state index contributed by atoms with van der Waals surface area (Å²) in [6.07, 6.45) is 13.1. The SMILES string of the molecule is C=CC=C(C=CC)C(N)CCN1CCCCC1. The summed E-state index contributed by atoms with van der Waals surface area (Å²) in [5, 5.41) is 0. The van der Waals surface area contributed by atoms with Crippen molar-refractivity contribution in [3.05, 3.63) is 36.5 Å². The van der Waals surface area contributed by atoms with Gasteiger partial charge in [-0.15, -0.1) is 0 Å². The predicted octanol–water partition coefficient (Wildman–Crippen LogP) is 2.88. The van der Waals surface area contributed by atoms with Crippen molar-refractivity contribution < 1.29 is 0 Å². The number of likely N-dealkylation sites (tertiary alicyclic amines) is 1. The molecule has 96 valence electrons. The molecule has 1 saturated heterocycles. The Morgan fingerprint density at radius 3 is 2.65 bits per heavy atom. The molecule has 0 spiro atoms. The molecule has 0 aliphatic carbocycles. The first-order valence-corrected chi connectivity index (χ1v) is 6.71. The van der Waals surface area contributed by atoms with E-state index in [1.807, 2.05) is 25.2 Å². The Morgan fingerprint density at radius 1 is 1.35 bits per heavy atom. The molecule has 0 aromatic heterocycles. The van der Waals surface area contributed by atoms with Crippen LogP contribution in [0, 0.1) is 0 Å². The molecule has 17 heavy (non-hydrogen) atoms. The van der Waals surface area contributed by atoms with Crippen LogP contribution in [0.5, 0.6) is 0 Å². The Morgan fingerprint density at radius 2 is 2.06 bits per heavy atom. The van der Waals surface area contributed by atoms with Crippen LogP contribution in [0.3, 0.4) is 0 Å². The van der Waals surface area contributed by atoms with Crippen LogP contribution in [0.1, 0.15) is 32.6 Å². The normalized spacial score (nSPS) is 20.7. The van der Waals surface area contributed by atoms with Crippen LogP contribution in [0.2, 0.25) is 0 Å². The first-order chi connectivity index (χ1) is 8.27. The van der Waals surface area contributed by atoms with E-state index in [9.17, 15) is 0 Å². The lowest BCUT2D eigenvalue weighted by Crippen LogP contribution is -2.34. The molecule has 1 heterocycles. The molecule has 1 rings (SSSR count). The van der Waals surface area contributed by atoms with Gasteiger partial charge in [0, 0.05) is 6.04 Å². The largest absolute Gasteiger partial charge is 0.324 e. The third-order valence-electron chi connectivity index (χ3n) is 3.30. The first-order valence-electron chi connectivity index (χ1n) is 6.71. The van der Waals surface area contributed by atoms with Gasteiger partial charge in [-0.3, -0.25) is 0 Å².